The molecule has 2 aromatic rings. The summed E-state index contributed by atoms with van der Waals surface area (Å²) in [4.78, 5) is 22.4. The topological polar surface area (TPSA) is 116 Å². The molecule has 0 spiro atoms. The van der Waals surface area contributed by atoms with Crippen molar-refractivity contribution in [3.63, 3.8) is 0 Å². The molecule has 25 heavy (non-hydrogen) atoms. The number of benzene rings is 1. The summed E-state index contributed by atoms with van der Waals surface area (Å²) >= 11 is 1.91. The minimum atomic E-state index is -0.936. The van der Waals surface area contributed by atoms with E-state index in [-0.39, 0.29) is 18.1 Å². The van der Waals surface area contributed by atoms with Crippen LogP contribution in [0, 0.1) is 3.57 Å². The van der Waals surface area contributed by atoms with Gasteiger partial charge < -0.3 is 20.1 Å². The summed E-state index contributed by atoms with van der Waals surface area (Å²) in [6, 6.07) is 9.81. The molecule has 1 aromatic heterocycles. The molecule has 134 valence electrons. The van der Waals surface area contributed by atoms with E-state index >= 15 is 0 Å². The zero-order valence-electron chi connectivity index (χ0n) is 13.5. The van der Waals surface area contributed by atoms with E-state index in [0.717, 1.165) is 5.56 Å². The van der Waals surface area contributed by atoms with E-state index in [9.17, 15) is 9.59 Å². The lowest BCUT2D eigenvalue weighted by Gasteiger charge is -2.12. The van der Waals surface area contributed by atoms with Gasteiger partial charge in [0.25, 0.3) is 5.91 Å². The van der Waals surface area contributed by atoms with Crippen LogP contribution in [0.2, 0.25) is 0 Å². The van der Waals surface area contributed by atoms with E-state index in [1.807, 2.05) is 52.9 Å². The third-order valence-corrected chi connectivity index (χ3v) is 4.69. The number of rotatable bonds is 10. The van der Waals surface area contributed by atoms with Gasteiger partial charge in [-0.2, -0.15) is 0 Å². The van der Waals surface area contributed by atoms with Crippen LogP contribution in [-0.2, 0) is 16.1 Å². The number of primary amides is 1. The SMILES string of the molecule is NC(=O)c1onc([C@@H](CCCOCc2ccccc2)CC(=O)O)c1I. The van der Waals surface area contributed by atoms with Crippen LogP contribution in [0.25, 0.3) is 0 Å². The zero-order valence-corrected chi connectivity index (χ0v) is 15.6. The second-order valence-corrected chi connectivity index (χ2v) is 6.63. The Morgan fingerprint density at radius 1 is 1.32 bits per heavy atom. The molecular weight excluding hydrogens is 439 g/mol. The van der Waals surface area contributed by atoms with E-state index in [2.05, 4.69) is 5.16 Å². The molecular formula is C17H19IN2O5. The van der Waals surface area contributed by atoms with Gasteiger partial charge in [-0.25, -0.2) is 0 Å². The van der Waals surface area contributed by atoms with Crippen molar-refractivity contribution in [2.45, 2.75) is 31.8 Å². The molecule has 3 N–H and O–H groups in total. The van der Waals surface area contributed by atoms with Crippen LogP contribution < -0.4 is 5.73 Å². The number of hydrogen-bond acceptors (Lipinski definition) is 5. The summed E-state index contributed by atoms with van der Waals surface area (Å²) in [5, 5.41) is 13.0. The number of halogens is 1. The average molecular weight is 458 g/mol. The van der Waals surface area contributed by atoms with Gasteiger partial charge in [0.05, 0.1) is 16.6 Å². The normalized spacial score (nSPS) is 12.0. The van der Waals surface area contributed by atoms with Gasteiger partial charge in [0.15, 0.2) is 0 Å². The molecule has 0 aliphatic rings. The predicted octanol–water partition coefficient (Wildman–Crippen LogP) is 2.93. The van der Waals surface area contributed by atoms with Crippen LogP contribution in [0.1, 0.15) is 47.0 Å². The van der Waals surface area contributed by atoms with E-state index in [1.165, 1.54) is 0 Å². The second-order valence-electron chi connectivity index (χ2n) is 5.55. The highest BCUT2D eigenvalue weighted by molar-refractivity contribution is 14.1. The van der Waals surface area contributed by atoms with E-state index < -0.39 is 11.9 Å². The molecule has 1 amide bonds. The molecule has 0 aliphatic heterocycles. The molecule has 0 fully saturated rings. The lowest BCUT2D eigenvalue weighted by Crippen LogP contribution is -2.13. The van der Waals surface area contributed by atoms with Crippen LogP contribution in [0.4, 0.5) is 0 Å². The van der Waals surface area contributed by atoms with Crippen molar-refractivity contribution in [3.8, 4) is 0 Å². The van der Waals surface area contributed by atoms with Gasteiger partial charge in [0, 0.05) is 12.5 Å². The molecule has 1 heterocycles. The molecule has 0 radical (unpaired) electrons. The first-order valence-electron chi connectivity index (χ1n) is 7.77. The summed E-state index contributed by atoms with van der Waals surface area (Å²) in [5.74, 6) is -2.05. The maximum absolute atomic E-state index is 11.3. The van der Waals surface area contributed by atoms with Gasteiger partial charge in [-0.1, -0.05) is 35.5 Å². The van der Waals surface area contributed by atoms with Crippen LogP contribution >= 0.6 is 22.6 Å². The number of hydrogen-bond donors (Lipinski definition) is 2. The number of ether oxygens (including phenoxy) is 1. The number of amides is 1. The van der Waals surface area contributed by atoms with Gasteiger partial charge in [-0.05, 0) is 41.0 Å². The molecule has 2 rings (SSSR count). The summed E-state index contributed by atoms with van der Waals surface area (Å²) in [5.41, 5.74) is 6.75. The highest BCUT2D eigenvalue weighted by Gasteiger charge is 2.26. The summed E-state index contributed by atoms with van der Waals surface area (Å²) < 4.78 is 11.0. The van der Waals surface area contributed by atoms with Crippen molar-refractivity contribution in [2.24, 2.45) is 5.73 Å². The van der Waals surface area contributed by atoms with Crippen LogP contribution in [0.15, 0.2) is 34.9 Å². The Morgan fingerprint density at radius 3 is 2.64 bits per heavy atom. The quantitative estimate of drug-likeness (QED) is 0.418. The van der Waals surface area contributed by atoms with Crippen LogP contribution in [0.5, 0.6) is 0 Å². The summed E-state index contributed by atoms with van der Waals surface area (Å²) in [7, 11) is 0. The van der Waals surface area contributed by atoms with Gasteiger partial charge in [-0.3, -0.25) is 9.59 Å². The number of carbonyl (C=O) groups is 2. The zero-order chi connectivity index (χ0) is 18.2. The monoisotopic (exact) mass is 458 g/mol. The fraction of sp³-hybridized carbons (Fsp3) is 0.353. The standard InChI is InChI=1S/C17H19IN2O5/c18-14-15(20-25-16(14)17(19)23)12(9-13(21)22)7-4-8-24-10-11-5-2-1-3-6-11/h1-3,5-6,12H,4,7-10H2,(H2,19,23)(H,21,22)/t12-/m0/s1. The fourth-order valence-electron chi connectivity index (χ4n) is 2.44. The van der Waals surface area contributed by atoms with Crippen molar-refractivity contribution < 1.29 is 24.0 Å². The van der Waals surface area contributed by atoms with Crippen molar-refractivity contribution in [1.82, 2.24) is 5.16 Å². The maximum atomic E-state index is 11.3. The Morgan fingerprint density at radius 2 is 2.04 bits per heavy atom. The molecule has 1 atom stereocenters. The number of nitrogens with zero attached hydrogens (tertiary/aromatic N) is 1. The molecule has 0 bridgehead atoms. The fourth-order valence-corrected chi connectivity index (χ4v) is 3.34. The number of nitrogens with two attached hydrogens (primary N) is 1. The van der Waals surface area contributed by atoms with Crippen LogP contribution in [-0.4, -0.2) is 28.7 Å². The average Bonchev–Trinajstić information content (AvgIpc) is 2.96. The third kappa shape index (κ3) is 5.82. The Hall–Kier alpha value is -1.94. The first kappa shape index (κ1) is 19.4. The van der Waals surface area contributed by atoms with Crippen molar-refractivity contribution in [3.05, 3.63) is 50.9 Å². The van der Waals surface area contributed by atoms with Gasteiger partial charge in [0.2, 0.25) is 5.76 Å². The summed E-state index contributed by atoms with van der Waals surface area (Å²) in [6.45, 7) is 1.01. The summed E-state index contributed by atoms with van der Waals surface area (Å²) in [6.07, 6.45) is 1.13. The lowest BCUT2D eigenvalue weighted by atomic mass is 9.95. The largest absolute Gasteiger partial charge is 0.481 e. The molecule has 0 aliphatic carbocycles. The number of aromatic nitrogens is 1. The highest BCUT2D eigenvalue weighted by Crippen LogP contribution is 2.30. The van der Waals surface area contributed by atoms with Crippen molar-refractivity contribution in [1.29, 1.82) is 0 Å². The second kappa shape index (κ2) is 9.52. The minimum absolute atomic E-state index is 0.0358. The molecule has 7 nitrogen and oxygen atoms in total. The molecule has 0 saturated heterocycles. The van der Waals surface area contributed by atoms with Gasteiger partial charge in [-0.15, -0.1) is 0 Å². The van der Waals surface area contributed by atoms with Crippen molar-refractivity contribution in [2.75, 3.05) is 6.61 Å². The Balaban J connectivity index is 1.90. The lowest BCUT2D eigenvalue weighted by molar-refractivity contribution is -0.137. The first-order valence-corrected chi connectivity index (χ1v) is 8.85. The maximum Gasteiger partial charge on any atom is 0.304 e. The van der Waals surface area contributed by atoms with Crippen molar-refractivity contribution >= 4 is 34.5 Å². The molecule has 0 unspecified atom stereocenters. The Bertz CT molecular complexity index is 717. The first-order chi connectivity index (χ1) is 12.0. The highest BCUT2D eigenvalue weighted by atomic mass is 127. The Kier molecular flexibility index (Phi) is 7.38. The van der Waals surface area contributed by atoms with Gasteiger partial charge in [0.1, 0.15) is 5.69 Å². The smallest absolute Gasteiger partial charge is 0.304 e. The Labute approximate surface area is 158 Å². The number of carboxylic acid groups (broad SMARTS) is 1. The molecule has 0 saturated carbocycles. The number of carboxylic acids is 1. The van der Waals surface area contributed by atoms with Gasteiger partial charge >= 0.3 is 5.97 Å². The number of carbonyl (C=O) groups excluding carboxylic acids is 1. The number of aliphatic carboxylic acids is 1. The van der Waals surface area contributed by atoms with Crippen LogP contribution in [0.3, 0.4) is 0 Å². The third-order valence-electron chi connectivity index (χ3n) is 3.64. The minimum Gasteiger partial charge on any atom is -0.481 e. The van der Waals surface area contributed by atoms with E-state index in [4.69, 9.17) is 20.1 Å². The predicted molar refractivity (Wildman–Crippen MR) is 98.1 cm³/mol. The van der Waals surface area contributed by atoms with E-state index in [0.29, 0.717) is 35.3 Å². The molecule has 8 heteroatoms. The van der Waals surface area contributed by atoms with E-state index in [1.54, 1.807) is 0 Å². The molecule has 1 aromatic carbocycles.